The molecule has 19 heteroatoms. The SMILES string of the molecule is CCCCCCCCCCCCCCCCCCCCCCCC(=O)O[C@H](COC(=O)CCCCCCCCCCCCCCCCCCC)COP(=O)(O)OC[C@@H](O)COP(=O)(O)OC[C@@H](COC(=O)CCCCCCCCC)OC(=O)CCCCCCCCCCCCCCC(C)C. The van der Waals surface area contributed by atoms with Crippen LogP contribution < -0.4 is 0 Å². The molecule has 0 bridgehead atoms. The highest BCUT2D eigenvalue weighted by molar-refractivity contribution is 7.47. The minimum atomic E-state index is -4.96. The summed E-state index contributed by atoms with van der Waals surface area (Å²) in [6.45, 7) is 7.29. The van der Waals surface area contributed by atoms with Crippen LogP contribution in [-0.2, 0) is 65.4 Å². The van der Waals surface area contributed by atoms with E-state index in [4.69, 9.17) is 37.0 Å². The molecule has 594 valence electrons. The Kier molecular flexibility index (Phi) is 72.5. The van der Waals surface area contributed by atoms with Crippen LogP contribution in [0.2, 0.25) is 0 Å². The normalized spacial score (nSPS) is 13.8. The fraction of sp³-hybridized carbons (Fsp3) is 0.951. The summed E-state index contributed by atoms with van der Waals surface area (Å²) >= 11 is 0. The highest BCUT2D eigenvalue weighted by atomic mass is 31.2. The summed E-state index contributed by atoms with van der Waals surface area (Å²) in [5.41, 5.74) is 0. The Morgan fingerprint density at radius 3 is 0.680 bits per heavy atom. The average molecular weight is 1470 g/mol. The van der Waals surface area contributed by atoms with Crippen molar-refractivity contribution in [1.82, 2.24) is 0 Å². The summed E-state index contributed by atoms with van der Waals surface area (Å²) in [7, 11) is -9.91. The third kappa shape index (κ3) is 74.3. The van der Waals surface area contributed by atoms with Gasteiger partial charge in [0.25, 0.3) is 0 Å². The van der Waals surface area contributed by atoms with E-state index < -0.39 is 97.5 Å². The number of phosphoric ester groups is 2. The number of esters is 4. The second-order valence-corrected chi connectivity index (χ2v) is 32.5. The summed E-state index contributed by atoms with van der Waals surface area (Å²) in [6, 6.07) is 0. The van der Waals surface area contributed by atoms with Gasteiger partial charge in [0.2, 0.25) is 0 Å². The molecule has 3 N–H and O–H groups in total. The molecule has 0 rings (SSSR count). The molecule has 0 heterocycles. The molecule has 0 spiro atoms. The summed E-state index contributed by atoms with van der Waals surface area (Å²) in [4.78, 5) is 72.9. The van der Waals surface area contributed by atoms with E-state index in [1.54, 1.807) is 0 Å². The molecular weight excluding hydrogens is 1310 g/mol. The van der Waals surface area contributed by atoms with E-state index in [2.05, 4.69) is 34.6 Å². The van der Waals surface area contributed by atoms with Gasteiger partial charge in [-0.05, 0) is 31.6 Å². The minimum Gasteiger partial charge on any atom is -0.462 e. The summed E-state index contributed by atoms with van der Waals surface area (Å²) in [5.74, 6) is -1.33. The van der Waals surface area contributed by atoms with E-state index in [0.717, 1.165) is 109 Å². The van der Waals surface area contributed by atoms with Crippen molar-refractivity contribution < 1.29 is 80.2 Å². The van der Waals surface area contributed by atoms with E-state index >= 15 is 0 Å². The zero-order valence-electron chi connectivity index (χ0n) is 65.3. The van der Waals surface area contributed by atoms with E-state index in [-0.39, 0.29) is 25.7 Å². The highest BCUT2D eigenvalue weighted by Gasteiger charge is 2.30. The number of carbonyl (C=O) groups is 4. The number of aliphatic hydroxyl groups is 1. The Labute approximate surface area is 613 Å². The molecule has 0 aromatic carbocycles. The maximum absolute atomic E-state index is 13.1. The lowest BCUT2D eigenvalue weighted by atomic mass is 10.0. The van der Waals surface area contributed by atoms with Crippen LogP contribution in [0.3, 0.4) is 0 Å². The Balaban J connectivity index is 5.17. The number of phosphoric acid groups is 2. The van der Waals surface area contributed by atoms with Crippen molar-refractivity contribution >= 4 is 39.5 Å². The first-order valence-electron chi connectivity index (χ1n) is 42.1. The van der Waals surface area contributed by atoms with Gasteiger partial charge in [0.1, 0.15) is 19.3 Å². The summed E-state index contributed by atoms with van der Waals surface area (Å²) in [6.07, 6.45) is 65.5. The van der Waals surface area contributed by atoms with Crippen LogP contribution in [-0.4, -0.2) is 96.7 Å². The van der Waals surface area contributed by atoms with Crippen molar-refractivity contribution in [2.24, 2.45) is 5.92 Å². The van der Waals surface area contributed by atoms with E-state index in [1.807, 2.05) is 0 Å². The highest BCUT2D eigenvalue weighted by Crippen LogP contribution is 2.45. The van der Waals surface area contributed by atoms with Crippen molar-refractivity contribution in [3.05, 3.63) is 0 Å². The van der Waals surface area contributed by atoms with Gasteiger partial charge in [-0.15, -0.1) is 0 Å². The monoisotopic (exact) mass is 1470 g/mol. The van der Waals surface area contributed by atoms with Gasteiger partial charge in [-0.25, -0.2) is 9.13 Å². The lowest BCUT2D eigenvalue weighted by molar-refractivity contribution is -0.161. The van der Waals surface area contributed by atoms with Gasteiger partial charge in [-0.2, -0.15) is 0 Å². The Hall–Kier alpha value is -1.94. The molecule has 0 radical (unpaired) electrons. The van der Waals surface area contributed by atoms with E-state index in [1.165, 1.54) is 244 Å². The summed E-state index contributed by atoms with van der Waals surface area (Å²) in [5, 5.41) is 10.6. The predicted molar refractivity (Wildman–Crippen MR) is 409 cm³/mol. The number of aliphatic hydroxyl groups excluding tert-OH is 1. The molecule has 0 aliphatic heterocycles. The molecular formula is C81H158O17P2. The maximum Gasteiger partial charge on any atom is 0.472 e. The topological polar surface area (TPSA) is 237 Å². The molecule has 17 nitrogen and oxygen atoms in total. The van der Waals surface area contributed by atoms with Crippen LogP contribution in [0.15, 0.2) is 0 Å². The second-order valence-electron chi connectivity index (χ2n) is 29.6. The molecule has 0 aromatic rings. The number of hydrogen-bond acceptors (Lipinski definition) is 15. The van der Waals surface area contributed by atoms with Crippen molar-refractivity contribution in [1.29, 1.82) is 0 Å². The molecule has 0 aliphatic carbocycles. The number of carbonyl (C=O) groups excluding carboxylic acids is 4. The lowest BCUT2D eigenvalue weighted by Gasteiger charge is -2.21. The molecule has 0 saturated carbocycles. The fourth-order valence-corrected chi connectivity index (χ4v) is 14.2. The van der Waals surface area contributed by atoms with Crippen LogP contribution in [0.25, 0.3) is 0 Å². The third-order valence-corrected chi connectivity index (χ3v) is 20.9. The minimum absolute atomic E-state index is 0.107. The largest absolute Gasteiger partial charge is 0.472 e. The molecule has 0 aliphatic rings. The third-order valence-electron chi connectivity index (χ3n) is 19.0. The first-order chi connectivity index (χ1) is 48.5. The zero-order chi connectivity index (χ0) is 73.4. The molecule has 5 atom stereocenters. The van der Waals surface area contributed by atoms with Crippen LogP contribution in [0.1, 0.15) is 433 Å². The van der Waals surface area contributed by atoms with Crippen LogP contribution in [0.5, 0.6) is 0 Å². The number of unbranched alkanes of at least 4 members (excludes halogenated alkanes) is 53. The van der Waals surface area contributed by atoms with Crippen LogP contribution in [0.4, 0.5) is 0 Å². The second kappa shape index (κ2) is 73.9. The van der Waals surface area contributed by atoms with Gasteiger partial charge in [0, 0.05) is 25.7 Å². The van der Waals surface area contributed by atoms with E-state index in [0.29, 0.717) is 25.7 Å². The lowest BCUT2D eigenvalue weighted by Crippen LogP contribution is -2.30. The number of rotatable bonds is 81. The van der Waals surface area contributed by atoms with Crippen molar-refractivity contribution in [2.45, 2.75) is 451 Å². The first kappa shape index (κ1) is 98.1. The van der Waals surface area contributed by atoms with Gasteiger partial charge < -0.3 is 33.8 Å². The molecule has 100 heavy (non-hydrogen) atoms. The van der Waals surface area contributed by atoms with Gasteiger partial charge in [0.05, 0.1) is 26.4 Å². The fourth-order valence-electron chi connectivity index (χ4n) is 12.6. The quantitative estimate of drug-likeness (QED) is 0.0222. The molecule has 0 fully saturated rings. The standard InChI is InChI=1S/C81H158O17P2/c1-6-9-12-15-18-20-22-24-26-28-29-30-31-33-35-37-42-46-51-56-61-66-81(86)98-77(71-92-79(84)65-60-55-50-45-41-36-34-32-27-25-23-21-19-16-13-10-7-2)73-96-100(89,90)94-69-75(82)68-93-99(87,88)95-72-76(70-91-78(83)64-59-54-48-17-14-11-8-3)97-80(85)67-62-57-52-47-43-39-38-40-44-49-53-58-63-74(4)5/h74-77,82H,6-73H2,1-5H3,(H,87,88)(H,89,90)/t75-,76+,77+/m0/s1. The maximum atomic E-state index is 13.1. The number of hydrogen-bond donors (Lipinski definition) is 3. The molecule has 0 saturated heterocycles. The first-order valence-corrected chi connectivity index (χ1v) is 45.1. The van der Waals surface area contributed by atoms with Crippen molar-refractivity contribution in [2.75, 3.05) is 39.6 Å². The van der Waals surface area contributed by atoms with Crippen molar-refractivity contribution in [3.8, 4) is 0 Å². The molecule has 0 aromatic heterocycles. The Bertz CT molecular complexity index is 1910. The van der Waals surface area contributed by atoms with Gasteiger partial charge >= 0.3 is 39.5 Å². The van der Waals surface area contributed by atoms with Gasteiger partial charge in [0.15, 0.2) is 12.2 Å². The van der Waals surface area contributed by atoms with Gasteiger partial charge in [-0.1, -0.05) is 381 Å². The molecule has 0 amide bonds. The van der Waals surface area contributed by atoms with Crippen LogP contribution in [0, 0.1) is 5.92 Å². The van der Waals surface area contributed by atoms with Crippen molar-refractivity contribution in [3.63, 3.8) is 0 Å². The van der Waals surface area contributed by atoms with E-state index in [9.17, 15) is 43.2 Å². The molecule has 2 unspecified atom stereocenters. The smallest absolute Gasteiger partial charge is 0.462 e. The van der Waals surface area contributed by atoms with Gasteiger partial charge in [-0.3, -0.25) is 37.3 Å². The number of ether oxygens (including phenoxy) is 4. The van der Waals surface area contributed by atoms with Crippen LogP contribution >= 0.6 is 15.6 Å². The predicted octanol–water partition coefficient (Wildman–Crippen LogP) is 24.4. The Morgan fingerprint density at radius 2 is 0.460 bits per heavy atom. The zero-order valence-corrected chi connectivity index (χ0v) is 67.1. The Morgan fingerprint density at radius 1 is 0.270 bits per heavy atom. The average Bonchev–Trinajstić information content (AvgIpc) is 0.929. The summed E-state index contributed by atoms with van der Waals surface area (Å²) < 4.78 is 68.6.